The summed E-state index contributed by atoms with van der Waals surface area (Å²) in [5.41, 5.74) is 18.2. The smallest absolute Gasteiger partial charge is 0.247 e. The molecule has 0 aliphatic heterocycles. The third-order valence-corrected chi connectivity index (χ3v) is 12.2. The number of nitrogens with zero attached hydrogens (tertiary/aromatic N) is 3. The quantitative estimate of drug-likeness (QED) is 0.161. The zero-order valence-electron chi connectivity index (χ0n) is 35.7. The van der Waals surface area contributed by atoms with E-state index >= 15 is 0 Å². The van der Waals surface area contributed by atoms with E-state index in [1.54, 1.807) is 18.2 Å². The van der Waals surface area contributed by atoms with Gasteiger partial charge in [0.1, 0.15) is 0 Å². The monoisotopic (exact) mass is 1020 g/mol. The SMILES string of the molecule is CC1(C)c2ccc[c-]c2-c2ncc(-c3ccccc3-c3cc(-c4ccccc4-c4cccnc4)cc(-c4ccccc4-c4cccnc4)c3)c3cccc1c23.O=C(O)c1[c-]cccc1.[Ir]. The molecule has 1 N–H and O–H groups in total. The van der Waals surface area contributed by atoms with Gasteiger partial charge in [0, 0.05) is 67.8 Å². The van der Waals surface area contributed by atoms with Crippen LogP contribution in [0.5, 0.6) is 0 Å². The van der Waals surface area contributed by atoms with Crippen molar-refractivity contribution in [2.24, 2.45) is 0 Å². The first-order chi connectivity index (χ1) is 31.4. The Hall–Kier alpha value is -7.63. The Morgan fingerprint density at radius 2 is 1.00 bits per heavy atom. The van der Waals surface area contributed by atoms with Gasteiger partial charge in [-0.3, -0.25) is 9.97 Å². The molecule has 0 atom stereocenters. The van der Waals surface area contributed by atoms with E-state index in [1.165, 1.54) is 28.0 Å². The van der Waals surface area contributed by atoms with Crippen LogP contribution < -0.4 is 0 Å². The third-order valence-electron chi connectivity index (χ3n) is 12.2. The zero-order valence-corrected chi connectivity index (χ0v) is 38.1. The molecule has 0 saturated heterocycles. The fourth-order valence-electron chi connectivity index (χ4n) is 9.13. The zero-order chi connectivity index (χ0) is 43.6. The van der Waals surface area contributed by atoms with Crippen LogP contribution >= 0.6 is 0 Å². The van der Waals surface area contributed by atoms with Crippen molar-refractivity contribution in [3.05, 3.63) is 236 Å². The molecule has 0 amide bonds. The molecule has 10 aromatic rings. The molecule has 11 rings (SSSR count). The maximum Gasteiger partial charge on any atom is 0.247 e. The van der Waals surface area contributed by atoms with E-state index in [9.17, 15) is 4.79 Å². The molecule has 3 aromatic heterocycles. The second-order valence-electron chi connectivity index (χ2n) is 16.3. The minimum atomic E-state index is -0.935. The average Bonchev–Trinajstić information content (AvgIpc) is 3.36. The second kappa shape index (κ2) is 18.2. The average molecular weight is 1020 g/mol. The number of hydrogen-bond donors (Lipinski definition) is 1. The normalized spacial score (nSPS) is 12.0. The number of carboxylic acids is 1. The summed E-state index contributed by atoms with van der Waals surface area (Å²) in [5, 5.41) is 10.8. The summed E-state index contributed by atoms with van der Waals surface area (Å²) in [7, 11) is 0. The predicted molar refractivity (Wildman–Crippen MR) is 259 cm³/mol. The van der Waals surface area contributed by atoms with Crippen LogP contribution in [0.3, 0.4) is 0 Å². The molecule has 0 bridgehead atoms. The summed E-state index contributed by atoms with van der Waals surface area (Å²) in [4.78, 5) is 24.3. The van der Waals surface area contributed by atoms with Gasteiger partial charge in [-0.1, -0.05) is 123 Å². The number of rotatable bonds is 7. The summed E-state index contributed by atoms with van der Waals surface area (Å²) in [5.74, 6) is -0.935. The van der Waals surface area contributed by atoms with Crippen LogP contribution in [0.2, 0.25) is 0 Å². The van der Waals surface area contributed by atoms with Crippen LogP contribution in [0.1, 0.15) is 35.3 Å². The van der Waals surface area contributed by atoms with Gasteiger partial charge in [0.25, 0.3) is 0 Å². The van der Waals surface area contributed by atoms with E-state index in [1.807, 2.05) is 43.0 Å². The first-order valence-electron chi connectivity index (χ1n) is 21.2. The number of benzene rings is 7. The molecular formula is C59H41IrN3O2-2. The number of carboxylic acid groups (broad SMARTS) is 1. The first kappa shape index (κ1) is 42.7. The summed E-state index contributed by atoms with van der Waals surface area (Å²) in [6, 6.07) is 67.0. The molecule has 1 aliphatic carbocycles. The van der Waals surface area contributed by atoms with Gasteiger partial charge in [0.2, 0.25) is 5.97 Å². The third kappa shape index (κ3) is 8.11. The molecule has 1 radical (unpaired) electrons. The van der Waals surface area contributed by atoms with Crippen LogP contribution in [0.4, 0.5) is 0 Å². The molecule has 6 heteroatoms. The standard InChI is InChI=1S/C52H36N3.C7H5O2.Ir/c1-52(2)48-24-10-9-22-46(48)51-50-45(23-11-25-49(50)52)47(33-55-51)44-21-8-7-20-43(44)38-29-36(41-18-5-3-16-39(41)34-14-12-26-53-31-34)28-37(30-38)42-19-6-4-17-40(42)35-15-13-27-54-32-35;8-7(9)6-4-2-1-3-5-6;/h3-21,23-33H,1-2H3;1-4H,(H,8,9);/q2*-1;. The van der Waals surface area contributed by atoms with Crippen LogP contribution in [-0.2, 0) is 25.5 Å². The Morgan fingerprint density at radius 1 is 0.492 bits per heavy atom. The molecule has 65 heavy (non-hydrogen) atoms. The predicted octanol–water partition coefficient (Wildman–Crippen LogP) is 14.3. The van der Waals surface area contributed by atoms with Gasteiger partial charge < -0.3 is 14.9 Å². The maximum atomic E-state index is 10.2. The number of carbonyl (C=O) groups is 1. The maximum absolute atomic E-state index is 10.2. The van der Waals surface area contributed by atoms with Crippen molar-refractivity contribution in [2.75, 3.05) is 0 Å². The number of fused-ring (bicyclic) bond motifs is 2. The molecule has 1 aliphatic rings. The summed E-state index contributed by atoms with van der Waals surface area (Å²) in [6.45, 7) is 4.63. The van der Waals surface area contributed by atoms with Gasteiger partial charge in [-0.25, -0.2) is 0 Å². The molecule has 3 heterocycles. The molecule has 0 spiro atoms. The van der Waals surface area contributed by atoms with Crippen molar-refractivity contribution in [3.8, 4) is 78.0 Å². The Morgan fingerprint density at radius 3 is 1.51 bits per heavy atom. The fourth-order valence-corrected chi connectivity index (χ4v) is 9.13. The first-order valence-corrected chi connectivity index (χ1v) is 21.2. The molecule has 0 saturated carbocycles. The molecule has 0 fully saturated rings. The van der Waals surface area contributed by atoms with Gasteiger partial charge in [-0.05, 0) is 108 Å². The molecular weight excluding hydrogens is 975 g/mol. The van der Waals surface area contributed by atoms with Crippen molar-refractivity contribution >= 4 is 16.7 Å². The van der Waals surface area contributed by atoms with Gasteiger partial charge in [0.15, 0.2) is 0 Å². The van der Waals surface area contributed by atoms with Crippen molar-refractivity contribution in [1.82, 2.24) is 15.0 Å². The van der Waals surface area contributed by atoms with Gasteiger partial charge in [-0.2, -0.15) is 0 Å². The van der Waals surface area contributed by atoms with Crippen LogP contribution in [0, 0.1) is 12.1 Å². The largest absolute Gasteiger partial charge is 0.521 e. The van der Waals surface area contributed by atoms with E-state index in [2.05, 4.69) is 176 Å². The number of aromatic carboxylic acids is 1. The Balaban J connectivity index is 0.000000479. The van der Waals surface area contributed by atoms with E-state index in [-0.39, 0.29) is 31.1 Å². The summed E-state index contributed by atoms with van der Waals surface area (Å²) >= 11 is 0. The van der Waals surface area contributed by atoms with E-state index in [0.717, 1.165) is 78.0 Å². The van der Waals surface area contributed by atoms with E-state index < -0.39 is 5.97 Å². The van der Waals surface area contributed by atoms with Gasteiger partial charge in [0.05, 0.1) is 0 Å². The number of aromatic nitrogens is 3. The van der Waals surface area contributed by atoms with Crippen molar-refractivity contribution in [2.45, 2.75) is 19.3 Å². The Bertz CT molecular complexity index is 3230. The summed E-state index contributed by atoms with van der Waals surface area (Å²) < 4.78 is 0. The van der Waals surface area contributed by atoms with Gasteiger partial charge >= 0.3 is 0 Å². The molecule has 0 unspecified atom stereocenters. The Kier molecular flexibility index (Phi) is 12.0. The summed E-state index contributed by atoms with van der Waals surface area (Å²) in [6.07, 6.45) is 9.61. The van der Waals surface area contributed by atoms with Gasteiger partial charge in [-0.15, -0.1) is 65.7 Å². The van der Waals surface area contributed by atoms with Crippen LogP contribution in [-0.4, -0.2) is 26.0 Å². The fraction of sp³-hybridized carbons (Fsp3) is 0.0508. The van der Waals surface area contributed by atoms with E-state index in [0.29, 0.717) is 0 Å². The molecule has 315 valence electrons. The van der Waals surface area contributed by atoms with Crippen molar-refractivity contribution < 1.29 is 30.0 Å². The molecule has 5 nitrogen and oxygen atoms in total. The van der Waals surface area contributed by atoms with E-state index in [4.69, 9.17) is 10.1 Å². The minimum absolute atomic E-state index is 0. The van der Waals surface area contributed by atoms with Crippen molar-refractivity contribution in [1.29, 1.82) is 0 Å². The number of pyridine rings is 3. The second-order valence-corrected chi connectivity index (χ2v) is 16.3. The minimum Gasteiger partial charge on any atom is -0.521 e. The topological polar surface area (TPSA) is 76.0 Å². The molecule has 7 aromatic carbocycles. The van der Waals surface area contributed by atoms with Crippen molar-refractivity contribution in [3.63, 3.8) is 0 Å². The Labute approximate surface area is 392 Å². The van der Waals surface area contributed by atoms with Crippen LogP contribution in [0.25, 0.3) is 88.8 Å². The van der Waals surface area contributed by atoms with Crippen LogP contribution in [0.15, 0.2) is 207 Å². The number of hydrogen-bond acceptors (Lipinski definition) is 4.